The van der Waals surface area contributed by atoms with E-state index in [0.717, 1.165) is 59.1 Å². The zero-order valence-electron chi connectivity index (χ0n) is 37.1. The summed E-state index contributed by atoms with van der Waals surface area (Å²) in [5.74, 6) is 1.15. The van der Waals surface area contributed by atoms with Gasteiger partial charge in [-0.3, -0.25) is 4.79 Å². The van der Waals surface area contributed by atoms with Crippen molar-refractivity contribution >= 4 is 22.4 Å². The van der Waals surface area contributed by atoms with Gasteiger partial charge in [-0.05, 0) is 130 Å². The van der Waals surface area contributed by atoms with E-state index in [1.807, 2.05) is 56.0 Å². The SMILES string of the molecule is C=CCO[C@@]12Oc3ccc(Oc4ccc5ccccc5c4)cc3[C@H]3[C@H](CCCCO)[C@@H](CCCCO)C=C(C(=NOC(C)(C)C)C[C@@H]1N(CCC)C(=O)c1ccc4c(c1)OCO4)[C@H]32. The molecule has 1 amide bonds. The fourth-order valence-electron chi connectivity index (χ4n) is 10.1. The average molecular weight is 859 g/mol. The summed E-state index contributed by atoms with van der Waals surface area (Å²) < 4.78 is 32.6. The molecule has 2 N–H and O–H groups in total. The van der Waals surface area contributed by atoms with Crippen LogP contribution in [0.15, 0.2) is 108 Å². The van der Waals surface area contributed by atoms with Gasteiger partial charge in [0.25, 0.3) is 5.91 Å². The standard InChI is InChI=1S/C52H62N2O9/c1-6-24-54(50(57)37-19-22-45-46(30-37)59-33-58-45)47-32-43(53-63-51(3,4)5)41-29-36(16-10-12-25-55)40(17-11-13-26-56)48-42-31-39(61-38-20-18-34-14-8-9-15-35(34)28-38)21-23-44(42)62-52(47,49(41)48)60-27-7-2/h7-9,14-15,18-23,28-31,36,40,47-49,55-56H,2,6,10-13,16-17,24-27,32-33H2,1,3-5H3/t36-,40+,47-,48+,49+,52+/m0/s1. The van der Waals surface area contributed by atoms with Crippen LogP contribution in [0.1, 0.15) is 101 Å². The smallest absolute Gasteiger partial charge is 0.254 e. The largest absolute Gasteiger partial charge is 0.459 e. The van der Waals surface area contributed by atoms with Gasteiger partial charge in [0.05, 0.1) is 18.2 Å². The maximum absolute atomic E-state index is 15.1. The van der Waals surface area contributed by atoms with E-state index in [-0.39, 0.29) is 50.3 Å². The number of unbranched alkanes of at least 4 members (excludes halogenated alkanes) is 2. The van der Waals surface area contributed by atoms with Gasteiger partial charge in [-0.1, -0.05) is 67.4 Å². The molecule has 0 aromatic heterocycles. The van der Waals surface area contributed by atoms with Gasteiger partial charge < -0.3 is 43.6 Å². The van der Waals surface area contributed by atoms with Crippen LogP contribution in [0.3, 0.4) is 0 Å². The highest BCUT2D eigenvalue weighted by molar-refractivity contribution is 6.03. The van der Waals surface area contributed by atoms with Gasteiger partial charge >= 0.3 is 0 Å². The van der Waals surface area contributed by atoms with Crippen molar-refractivity contribution in [3.05, 3.63) is 114 Å². The van der Waals surface area contributed by atoms with Crippen LogP contribution in [0.2, 0.25) is 0 Å². The summed E-state index contributed by atoms with van der Waals surface area (Å²) in [5.41, 5.74) is 2.60. The van der Waals surface area contributed by atoms with E-state index >= 15 is 4.79 Å². The van der Waals surface area contributed by atoms with Crippen LogP contribution >= 0.6 is 0 Å². The first kappa shape index (κ1) is 44.3. The Balaban J connectivity index is 1.33. The monoisotopic (exact) mass is 858 g/mol. The second-order valence-electron chi connectivity index (χ2n) is 18.2. The molecule has 1 fully saturated rings. The number of carbonyl (C=O) groups is 1. The molecular weight excluding hydrogens is 797 g/mol. The normalized spacial score (nSPS) is 23.9. The Bertz CT molecular complexity index is 2330. The highest BCUT2D eigenvalue weighted by Gasteiger charge is 2.65. The molecular formula is C52H62N2O9. The number of fused-ring (bicyclic) bond motifs is 4. The van der Waals surface area contributed by atoms with Gasteiger partial charge in [0.15, 0.2) is 11.5 Å². The first-order chi connectivity index (χ1) is 30.6. The van der Waals surface area contributed by atoms with E-state index in [1.54, 1.807) is 24.3 Å². The number of hydrogen-bond donors (Lipinski definition) is 2. The predicted octanol–water partition coefficient (Wildman–Crippen LogP) is 10.3. The number of rotatable bonds is 18. The lowest BCUT2D eigenvalue weighted by Gasteiger charge is -2.60. The van der Waals surface area contributed by atoms with Crippen LogP contribution < -0.4 is 18.9 Å². The number of aliphatic hydroxyl groups excluding tert-OH is 2. The molecule has 0 saturated heterocycles. The average Bonchev–Trinajstić information content (AvgIpc) is 3.76. The number of amides is 1. The van der Waals surface area contributed by atoms with E-state index in [9.17, 15) is 10.2 Å². The minimum atomic E-state index is -1.38. The molecule has 4 aromatic carbocycles. The third-order valence-electron chi connectivity index (χ3n) is 12.8. The number of hydrogen-bond acceptors (Lipinski definition) is 10. The van der Waals surface area contributed by atoms with Gasteiger partial charge in [-0.2, -0.15) is 0 Å². The van der Waals surface area contributed by atoms with Crippen molar-refractivity contribution < 1.29 is 43.5 Å². The summed E-state index contributed by atoms with van der Waals surface area (Å²) in [7, 11) is 0. The molecule has 4 aliphatic rings. The van der Waals surface area contributed by atoms with Crippen LogP contribution in [0.5, 0.6) is 28.7 Å². The first-order valence-electron chi connectivity index (χ1n) is 22.7. The molecule has 0 bridgehead atoms. The first-order valence-corrected chi connectivity index (χ1v) is 22.7. The molecule has 0 spiro atoms. The third-order valence-corrected chi connectivity index (χ3v) is 12.8. The second kappa shape index (κ2) is 19.2. The van der Waals surface area contributed by atoms with Crippen molar-refractivity contribution in [2.24, 2.45) is 22.9 Å². The van der Waals surface area contributed by atoms with Gasteiger partial charge in [0.1, 0.15) is 28.9 Å². The predicted molar refractivity (Wildman–Crippen MR) is 244 cm³/mol. The molecule has 2 aliphatic carbocycles. The van der Waals surface area contributed by atoms with Crippen LogP contribution in [-0.2, 0) is 9.57 Å². The topological polar surface area (TPSA) is 129 Å². The van der Waals surface area contributed by atoms with E-state index < -0.39 is 23.3 Å². The van der Waals surface area contributed by atoms with Crippen molar-refractivity contribution in [3.63, 3.8) is 0 Å². The lowest BCUT2D eigenvalue weighted by atomic mass is 9.55. The highest BCUT2D eigenvalue weighted by Crippen LogP contribution is 2.62. The van der Waals surface area contributed by atoms with E-state index in [1.165, 1.54) is 0 Å². The van der Waals surface area contributed by atoms with Crippen LogP contribution in [0, 0.1) is 17.8 Å². The zero-order chi connectivity index (χ0) is 44.1. The third kappa shape index (κ3) is 9.19. The summed E-state index contributed by atoms with van der Waals surface area (Å²) in [6.07, 6.45) is 9.77. The van der Waals surface area contributed by atoms with Gasteiger partial charge in [0.2, 0.25) is 12.6 Å². The molecule has 2 aliphatic heterocycles. The van der Waals surface area contributed by atoms with Crippen LogP contribution in [0.25, 0.3) is 10.8 Å². The lowest BCUT2D eigenvalue weighted by Crippen LogP contribution is -2.70. The molecule has 0 radical (unpaired) electrons. The van der Waals surface area contributed by atoms with E-state index in [2.05, 4.69) is 49.9 Å². The van der Waals surface area contributed by atoms with Crippen LogP contribution in [0.4, 0.5) is 0 Å². The van der Waals surface area contributed by atoms with Gasteiger partial charge in [-0.15, -0.1) is 6.58 Å². The maximum Gasteiger partial charge on any atom is 0.254 e. The molecule has 0 unspecified atom stereocenters. The molecule has 334 valence electrons. The van der Waals surface area contributed by atoms with Crippen molar-refractivity contribution in [1.82, 2.24) is 4.90 Å². The number of allylic oxidation sites excluding steroid dienone is 1. The summed E-state index contributed by atoms with van der Waals surface area (Å²) in [5, 5.41) is 27.2. The van der Waals surface area contributed by atoms with Crippen molar-refractivity contribution in [2.75, 3.05) is 33.2 Å². The van der Waals surface area contributed by atoms with E-state index in [0.29, 0.717) is 60.8 Å². The summed E-state index contributed by atoms with van der Waals surface area (Å²) >= 11 is 0. The zero-order valence-corrected chi connectivity index (χ0v) is 37.1. The Morgan fingerprint density at radius 2 is 1.63 bits per heavy atom. The van der Waals surface area contributed by atoms with Crippen LogP contribution in [-0.4, -0.2) is 77.3 Å². The number of carbonyl (C=O) groups excluding carboxylic acids is 1. The lowest BCUT2D eigenvalue weighted by molar-refractivity contribution is -0.254. The summed E-state index contributed by atoms with van der Waals surface area (Å²) in [6, 6.07) is 25.0. The minimum absolute atomic E-state index is 0.0713. The number of benzene rings is 4. The van der Waals surface area contributed by atoms with Gasteiger partial charge in [0, 0.05) is 43.2 Å². The molecule has 11 nitrogen and oxygen atoms in total. The number of oxime groups is 1. The minimum Gasteiger partial charge on any atom is -0.459 e. The number of ether oxygens (including phenoxy) is 5. The fourth-order valence-corrected chi connectivity index (χ4v) is 10.1. The fraction of sp³-hybridized carbons (Fsp3) is 0.462. The Labute approximate surface area is 371 Å². The molecule has 8 rings (SSSR count). The summed E-state index contributed by atoms with van der Waals surface area (Å²) in [6.45, 7) is 13.0. The number of nitrogens with zero attached hydrogens (tertiary/aromatic N) is 2. The maximum atomic E-state index is 15.1. The van der Waals surface area contributed by atoms with Gasteiger partial charge in [-0.25, -0.2) is 0 Å². The molecule has 1 saturated carbocycles. The molecule has 63 heavy (non-hydrogen) atoms. The molecule has 4 aromatic rings. The summed E-state index contributed by atoms with van der Waals surface area (Å²) in [4.78, 5) is 23.3. The highest BCUT2D eigenvalue weighted by atomic mass is 16.7. The Morgan fingerprint density at radius 3 is 2.40 bits per heavy atom. The molecule has 2 heterocycles. The van der Waals surface area contributed by atoms with Crippen molar-refractivity contribution in [1.29, 1.82) is 0 Å². The molecule has 6 atom stereocenters. The molecule has 11 heteroatoms. The Hall–Kier alpha value is -5.36. The van der Waals surface area contributed by atoms with E-state index in [4.69, 9.17) is 33.7 Å². The quantitative estimate of drug-likeness (QED) is 0.0571. The second-order valence-corrected chi connectivity index (χ2v) is 18.2. The van der Waals surface area contributed by atoms with Crippen molar-refractivity contribution in [2.45, 2.75) is 102 Å². The van der Waals surface area contributed by atoms with Crippen molar-refractivity contribution in [3.8, 4) is 28.7 Å². The Kier molecular flexibility index (Phi) is 13.5. The Morgan fingerprint density at radius 1 is 0.905 bits per heavy atom. The number of aliphatic hydroxyl groups is 2.